The lowest BCUT2D eigenvalue weighted by atomic mass is 10.1. The molecule has 0 radical (unpaired) electrons. The van der Waals surface area contributed by atoms with Crippen molar-refractivity contribution >= 4 is 5.69 Å². The number of aliphatic hydroxyl groups excluding tert-OH is 1. The average molecular weight is 221 g/mol. The molecule has 1 aromatic carbocycles. The Kier molecular flexibility index (Phi) is 2.55. The van der Waals surface area contributed by atoms with Crippen LogP contribution >= 0.6 is 0 Å². The van der Waals surface area contributed by atoms with E-state index in [-0.39, 0.29) is 18.2 Å². The highest BCUT2D eigenvalue weighted by Gasteiger charge is 2.46. The minimum absolute atomic E-state index is 0.0322. The van der Waals surface area contributed by atoms with Gasteiger partial charge in [-0.1, -0.05) is 18.2 Å². The fraction of sp³-hybridized carbons (Fsp3) is 0.500. The highest BCUT2D eigenvalue weighted by Crippen LogP contribution is 2.28. The number of hydrogen-bond donors (Lipinski definition) is 2. The van der Waals surface area contributed by atoms with Crippen molar-refractivity contribution < 1.29 is 14.6 Å². The third-order valence-electron chi connectivity index (χ3n) is 3.15. The summed E-state index contributed by atoms with van der Waals surface area (Å²) >= 11 is 0. The average Bonchev–Trinajstić information content (AvgIpc) is 2.86. The molecular formula is C12H15NO3. The number of benzene rings is 1. The van der Waals surface area contributed by atoms with Crippen molar-refractivity contribution in [3.63, 3.8) is 0 Å². The van der Waals surface area contributed by atoms with E-state index in [9.17, 15) is 5.11 Å². The second kappa shape index (κ2) is 4.05. The minimum atomic E-state index is -0.479. The van der Waals surface area contributed by atoms with Crippen molar-refractivity contribution in [2.45, 2.75) is 24.4 Å². The molecule has 0 saturated carbocycles. The van der Waals surface area contributed by atoms with Gasteiger partial charge < -0.3 is 19.9 Å². The van der Waals surface area contributed by atoms with Crippen LogP contribution in [0, 0.1) is 0 Å². The van der Waals surface area contributed by atoms with E-state index in [1.54, 1.807) is 0 Å². The number of para-hydroxylation sites is 1. The topological polar surface area (TPSA) is 50.7 Å². The molecule has 1 aromatic rings. The lowest BCUT2D eigenvalue weighted by Crippen LogP contribution is -2.35. The highest BCUT2D eigenvalue weighted by molar-refractivity contribution is 5.44. The number of rotatable bonds is 2. The number of fused-ring (bicyclic) bond motifs is 1. The van der Waals surface area contributed by atoms with Gasteiger partial charge in [0.05, 0.1) is 19.3 Å². The molecule has 0 spiro atoms. The first-order valence-corrected chi connectivity index (χ1v) is 5.57. The standard InChI is InChI=1S/C12H15NO3/c14-10-7-16-11-9(6-15-12(10)11)13-8-4-2-1-3-5-8/h1-5,9-14H,6-7H2/t9-,10-,11-,12-/m1/s1. The van der Waals surface area contributed by atoms with E-state index in [2.05, 4.69) is 5.32 Å². The Bertz CT molecular complexity index is 357. The van der Waals surface area contributed by atoms with Gasteiger partial charge in [-0.05, 0) is 12.1 Å². The van der Waals surface area contributed by atoms with E-state index >= 15 is 0 Å². The molecule has 0 aromatic heterocycles. The number of ether oxygens (including phenoxy) is 2. The summed E-state index contributed by atoms with van der Waals surface area (Å²) in [5.41, 5.74) is 1.06. The van der Waals surface area contributed by atoms with Crippen molar-refractivity contribution in [1.82, 2.24) is 0 Å². The van der Waals surface area contributed by atoms with Crippen LogP contribution in [0.2, 0.25) is 0 Å². The van der Waals surface area contributed by atoms with Gasteiger partial charge in [-0.25, -0.2) is 0 Å². The van der Waals surface area contributed by atoms with Crippen molar-refractivity contribution in [2.24, 2.45) is 0 Å². The molecule has 2 fully saturated rings. The molecule has 2 saturated heterocycles. The van der Waals surface area contributed by atoms with E-state index in [1.165, 1.54) is 0 Å². The summed E-state index contributed by atoms with van der Waals surface area (Å²) in [4.78, 5) is 0. The van der Waals surface area contributed by atoms with Gasteiger partial charge in [0.25, 0.3) is 0 Å². The van der Waals surface area contributed by atoms with Crippen LogP contribution in [0.1, 0.15) is 0 Å². The molecular weight excluding hydrogens is 206 g/mol. The maximum absolute atomic E-state index is 9.61. The molecule has 86 valence electrons. The fourth-order valence-electron chi connectivity index (χ4n) is 2.35. The third-order valence-corrected chi connectivity index (χ3v) is 3.15. The van der Waals surface area contributed by atoms with Gasteiger partial charge in [-0.15, -0.1) is 0 Å². The Morgan fingerprint density at radius 2 is 1.81 bits per heavy atom. The van der Waals surface area contributed by atoms with E-state index in [1.807, 2.05) is 30.3 Å². The molecule has 2 N–H and O–H groups in total. The van der Waals surface area contributed by atoms with Gasteiger partial charge in [-0.3, -0.25) is 0 Å². The first-order chi connectivity index (χ1) is 7.84. The third kappa shape index (κ3) is 1.69. The number of aliphatic hydroxyl groups is 1. The molecule has 2 aliphatic heterocycles. The Morgan fingerprint density at radius 3 is 2.62 bits per heavy atom. The van der Waals surface area contributed by atoms with E-state index in [0.717, 1.165) is 5.69 Å². The summed E-state index contributed by atoms with van der Waals surface area (Å²) in [5, 5.41) is 13.0. The summed E-state index contributed by atoms with van der Waals surface area (Å²) < 4.78 is 11.1. The summed E-state index contributed by atoms with van der Waals surface area (Å²) in [7, 11) is 0. The first-order valence-electron chi connectivity index (χ1n) is 5.57. The summed E-state index contributed by atoms with van der Waals surface area (Å²) in [5.74, 6) is 0. The van der Waals surface area contributed by atoms with Crippen LogP contribution in [0.3, 0.4) is 0 Å². The lowest BCUT2D eigenvalue weighted by Gasteiger charge is -2.18. The van der Waals surface area contributed by atoms with Crippen LogP contribution < -0.4 is 5.32 Å². The van der Waals surface area contributed by atoms with E-state index < -0.39 is 6.10 Å². The Hall–Kier alpha value is -1.10. The predicted molar refractivity (Wildman–Crippen MR) is 59.3 cm³/mol. The van der Waals surface area contributed by atoms with Gasteiger partial charge in [0.1, 0.15) is 18.3 Å². The Morgan fingerprint density at radius 1 is 1.06 bits per heavy atom. The van der Waals surface area contributed by atoms with Crippen LogP contribution in [0.15, 0.2) is 30.3 Å². The molecule has 4 heteroatoms. The normalized spacial score (nSPS) is 37.3. The van der Waals surface area contributed by atoms with E-state index in [0.29, 0.717) is 13.2 Å². The zero-order chi connectivity index (χ0) is 11.0. The van der Waals surface area contributed by atoms with Gasteiger partial charge in [0.2, 0.25) is 0 Å². The first kappa shape index (κ1) is 10.1. The van der Waals surface area contributed by atoms with Gasteiger partial charge >= 0.3 is 0 Å². The van der Waals surface area contributed by atoms with Crippen molar-refractivity contribution in [2.75, 3.05) is 18.5 Å². The summed E-state index contributed by atoms with van der Waals surface area (Å²) in [6.45, 7) is 0.962. The van der Waals surface area contributed by atoms with Crippen molar-refractivity contribution in [1.29, 1.82) is 0 Å². The number of nitrogens with one attached hydrogen (secondary N) is 1. The molecule has 4 nitrogen and oxygen atoms in total. The predicted octanol–water partition coefficient (Wildman–Crippen LogP) is 0.626. The molecule has 2 heterocycles. The minimum Gasteiger partial charge on any atom is -0.388 e. The maximum Gasteiger partial charge on any atom is 0.114 e. The van der Waals surface area contributed by atoms with Crippen LogP contribution in [-0.4, -0.2) is 42.7 Å². The van der Waals surface area contributed by atoms with Crippen molar-refractivity contribution in [3.8, 4) is 0 Å². The van der Waals surface area contributed by atoms with Crippen LogP contribution in [0.25, 0.3) is 0 Å². The van der Waals surface area contributed by atoms with Crippen LogP contribution in [0.5, 0.6) is 0 Å². The quantitative estimate of drug-likeness (QED) is 0.769. The second-order valence-electron chi connectivity index (χ2n) is 4.28. The maximum atomic E-state index is 9.61. The molecule has 2 aliphatic rings. The van der Waals surface area contributed by atoms with Crippen LogP contribution in [-0.2, 0) is 9.47 Å². The number of hydrogen-bond acceptors (Lipinski definition) is 4. The second-order valence-corrected chi connectivity index (χ2v) is 4.28. The SMILES string of the molecule is O[C@@H]1CO[C@H]2[C@@H]1OC[C@H]2Nc1ccccc1. The summed E-state index contributed by atoms with van der Waals surface area (Å²) in [6.07, 6.45) is -0.677. The lowest BCUT2D eigenvalue weighted by molar-refractivity contribution is 0.0184. The monoisotopic (exact) mass is 221 g/mol. The fourth-order valence-corrected chi connectivity index (χ4v) is 2.35. The molecule has 0 amide bonds. The molecule has 4 atom stereocenters. The molecule has 3 rings (SSSR count). The van der Waals surface area contributed by atoms with Gasteiger partial charge in [0.15, 0.2) is 0 Å². The van der Waals surface area contributed by atoms with E-state index in [4.69, 9.17) is 9.47 Å². The number of anilines is 1. The molecule has 0 aliphatic carbocycles. The zero-order valence-corrected chi connectivity index (χ0v) is 8.87. The van der Waals surface area contributed by atoms with Crippen LogP contribution in [0.4, 0.5) is 5.69 Å². The Balaban J connectivity index is 1.69. The Labute approximate surface area is 94.2 Å². The van der Waals surface area contributed by atoms with Crippen molar-refractivity contribution in [3.05, 3.63) is 30.3 Å². The molecule has 0 bridgehead atoms. The zero-order valence-electron chi connectivity index (χ0n) is 8.87. The largest absolute Gasteiger partial charge is 0.388 e. The summed E-state index contributed by atoms with van der Waals surface area (Å²) in [6, 6.07) is 10.1. The highest BCUT2D eigenvalue weighted by atomic mass is 16.6. The molecule has 16 heavy (non-hydrogen) atoms. The molecule has 0 unspecified atom stereocenters. The van der Waals surface area contributed by atoms with Gasteiger partial charge in [0, 0.05) is 5.69 Å². The van der Waals surface area contributed by atoms with Gasteiger partial charge in [-0.2, -0.15) is 0 Å². The smallest absolute Gasteiger partial charge is 0.114 e.